The van der Waals surface area contributed by atoms with E-state index in [4.69, 9.17) is 9.47 Å². The third-order valence-electron chi connectivity index (χ3n) is 2.91. The molecular formula is C16H21NO3S. The molecule has 0 aliphatic carbocycles. The molecule has 1 heterocycles. The summed E-state index contributed by atoms with van der Waals surface area (Å²) in [4.78, 5) is 0.957. The third-order valence-corrected chi connectivity index (χ3v) is 3.89. The van der Waals surface area contributed by atoms with Crippen LogP contribution in [0.5, 0.6) is 11.5 Å². The first-order valence-electron chi connectivity index (χ1n) is 7.09. The first-order valence-corrected chi connectivity index (χ1v) is 7.97. The average Bonchev–Trinajstić information content (AvgIpc) is 3.02. The molecule has 21 heavy (non-hydrogen) atoms. The summed E-state index contributed by atoms with van der Waals surface area (Å²) in [7, 11) is 0. The van der Waals surface area contributed by atoms with Crippen LogP contribution in [0.1, 0.15) is 24.8 Å². The van der Waals surface area contributed by atoms with Gasteiger partial charge >= 0.3 is 0 Å². The lowest BCUT2D eigenvalue weighted by Crippen LogP contribution is -2.11. The topological polar surface area (TPSA) is 50.7 Å². The van der Waals surface area contributed by atoms with E-state index in [1.807, 2.05) is 49.6 Å². The summed E-state index contributed by atoms with van der Waals surface area (Å²) in [6, 6.07) is 9.58. The van der Waals surface area contributed by atoms with Gasteiger partial charge in [0.25, 0.3) is 0 Å². The molecule has 5 heteroatoms. The Hall–Kier alpha value is -1.72. The number of aliphatic hydroxyl groups excluding tert-OH is 1. The molecule has 1 aromatic heterocycles. The Bertz CT molecular complexity index is 542. The van der Waals surface area contributed by atoms with E-state index in [-0.39, 0.29) is 0 Å². The van der Waals surface area contributed by atoms with Crippen LogP contribution >= 0.6 is 11.3 Å². The highest BCUT2D eigenvalue weighted by molar-refractivity contribution is 7.10. The van der Waals surface area contributed by atoms with Gasteiger partial charge in [-0.3, -0.25) is 0 Å². The van der Waals surface area contributed by atoms with E-state index < -0.39 is 6.10 Å². The van der Waals surface area contributed by atoms with Crippen molar-refractivity contribution in [3.63, 3.8) is 0 Å². The monoisotopic (exact) mass is 307 g/mol. The summed E-state index contributed by atoms with van der Waals surface area (Å²) in [5.41, 5.74) is 0.900. The molecule has 2 N–H and O–H groups in total. The van der Waals surface area contributed by atoms with E-state index in [9.17, 15) is 5.11 Å². The molecule has 0 amide bonds. The smallest absolute Gasteiger partial charge is 0.163 e. The van der Waals surface area contributed by atoms with Crippen molar-refractivity contribution in [1.82, 2.24) is 0 Å². The summed E-state index contributed by atoms with van der Waals surface area (Å²) < 4.78 is 11.1. The zero-order chi connectivity index (χ0) is 15.1. The Kier molecular flexibility index (Phi) is 5.90. The molecule has 2 aromatic rings. The van der Waals surface area contributed by atoms with Crippen LogP contribution in [0.2, 0.25) is 0 Å². The maximum atomic E-state index is 10.1. The largest absolute Gasteiger partial charge is 0.490 e. The van der Waals surface area contributed by atoms with E-state index in [1.165, 1.54) is 0 Å². The lowest BCUT2D eigenvalue weighted by atomic mass is 10.2. The summed E-state index contributed by atoms with van der Waals surface area (Å²) >= 11 is 1.55. The summed E-state index contributed by atoms with van der Waals surface area (Å²) in [6.07, 6.45) is -0.507. The van der Waals surface area contributed by atoms with Crippen LogP contribution in [0.15, 0.2) is 35.7 Å². The minimum atomic E-state index is -0.507. The Morgan fingerprint density at radius 1 is 1.14 bits per heavy atom. The fourth-order valence-electron chi connectivity index (χ4n) is 1.96. The van der Waals surface area contributed by atoms with Gasteiger partial charge in [-0.1, -0.05) is 6.07 Å². The number of anilines is 1. The molecule has 0 saturated heterocycles. The van der Waals surface area contributed by atoms with Crippen LogP contribution in [0.25, 0.3) is 0 Å². The first kappa shape index (κ1) is 15.7. The van der Waals surface area contributed by atoms with Gasteiger partial charge in [-0.05, 0) is 37.4 Å². The van der Waals surface area contributed by atoms with Crippen molar-refractivity contribution in [3.05, 3.63) is 40.6 Å². The number of aliphatic hydroxyl groups is 1. The zero-order valence-electron chi connectivity index (χ0n) is 12.3. The van der Waals surface area contributed by atoms with E-state index in [1.54, 1.807) is 11.3 Å². The quantitative estimate of drug-likeness (QED) is 0.781. The highest BCUT2D eigenvalue weighted by atomic mass is 32.1. The number of thiophene rings is 1. The summed E-state index contributed by atoms with van der Waals surface area (Å²) in [6.45, 7) is 5.53. The van der Waals surface area contributed by atoms with Crippen LogP contribution in [0.4, 0.5) is 5.69 Å². The lowest BCUT2D eigenvalue weighted by Gasteiger charge is -2.15. The van der Waals surface area contributed by atoms with E-state index in [2.05, 4.69) is 5.32 Å². The molecule has 1 atom stereocenters. The van der Waals surface area contributed by atoms with Gasteiger partial charge in [-0.15, -0.1) is 11.3 Å². The molecule has 0 spiro atoms. The zero-order valence-corrected chi connectivity index (χ0v) is 13.2. The fourth-order valence-corrected chi connectivity index (χ4v) is 2.67. The second-order valence-electron chi connectivity index (χ2n) is 4.44. The number of hydrogen-bond acceptors (Lipinski definition) is 5. The van der Waals surface area contributed by atoms with Crippen molar-refractivity contribution < 1.29 is 14.6 Å². The molecule has 0 aliphatic heterocycles. The second kappa shape index (κ2) is 7.90. The average molecular weight is 307 g/mol. The van der Waals surface area contributed by atoms with Gasteiger partial charge in [0, 0.05) is 23.2 Å². The molecule has 1 aromatic carbocycles. The van der Waals surface area contributed by atoms with Gasteiger partial charge in [0.15, 0.2) is 11.5 Å². The molecule has 4 nitrogen and oxygen atoms in total. The Morgan fingerprint density at radius 2 is 1.90 bits per heavy atom. The molecule has 114 valence electrons. The molecule has 0 fully saturated rings. The van der Waals surface area contributed by atoms with Gasteiger partial charge in [0.1, 0.15) is 6.10 Å². The third kappa shape index (κ3) is 4.37. The normalized spacial score (nSPS) is 12.0. The van der Waals surface area contributed by atoms with Gasteiger partial charge in [-0.25, -0.2) is 0 Å². The molecule has 1 unspecified atom stereocenters. The fraction of sp³-hybridized carbons (Fsp3) is 0.375. The number of hydrogen-bond donors (Lipinski definition) is 2. The van der Waals surface area contributed by atoms with Gasteiger partial charge in [0.2, 0.25) is 0 Å². The van der Waals surface area contributed by atoms with Crippen molar-refractivity contribution in [2.45, 2.75) is 20.0 Å². The minimum Gasteiger partial charge on any atom is -0.490 e. The Balaban J connectivity index is 2.01. The number of nitrogens with one attached hydrogen (secondary N) is 1. The van der Waals surface area contributed by atoms with Gasteiger partial charge < -0.3 is 19.9 Å². The van der Waals surface area contributed by atoms with Crippen molar-refractivity contribution in [3.8, 4) is 11.5 Å². The number of ether oxygens (including phenoxy) is 2. The lowest BCUT2D eigenvalue weighted by molar-refractivity contribution is 0.195. The Morgan fingerprint density at radius 3 is 2.57 bits per heavy atom. The van der Waals surface area contributed by atoms with E-state index in [0.717, 1.165) is 22.1 Å². The van der Waals surface area contributed by atoms with Crippen molar-refractivity contribution in [2.24, 2.45) is 0 Å². The van der Waals surface area contributed by atoms with Gasteiger partial charge in [-0.2, -0.15) is 0 Å². The van der Waals surface area contributed by atoms with Crippen LogP contribution in [0, 0.1) is 0 Å². The molecule has 0 aliphatic rings. The number of benzene rings is 1. The van der Waals surface area contributed by atoms with Crippen LogP contribution in [-0.2, 0) is 0 Å². The second-order valence-corrected chi connectivity index (χ2v) is 5.42. The van der Waals surface area contributed by atoms with Gasteiger partial charge in [0.05, 0.1) is 13.2 Å². The van der Waals surface area contributed by atoms with Crippen molar-refractivity contribution >= 4 is 17.0 Å². The summed E-state index contributed by atoms with van der Waals surface area (Å²) in [5.74, 6) is 1.46. The highest BCUT2D eigenvalue weighted by Crippen LogP contribution is 2.31. The van der Waals surface area contributed by atoms with Crippen LogP contribution in [0.3, 0.4) is 0 Å². The molecule has 0 radical (unpaired) electrons. The SMILES string of the molecule is CCOc1ccc(NCC(O)c2cccs2)cc1OCC. The van der Waals surface area contributed by atoms with E-state index >= 15 is 0 Å². The molecule has 0 saturated carbocycles. The predicted octanol–water partition coefficient (Wildman–Crippen LogP) is 3.69. The molecule has 0 bridgehead atoms. The van der Waals surface area contributed by atoms with E-state index in [0.29, 0.717) is 19.8 Å². The highest BCUT2D eigenvalue weighted by Gasteiger charge is 2.10. The number of rotatable bonds is 8. The van der Waals surface area contributed by atoms with Crippen molar-refractivity contribution in [1.29, 1.82) is 0 Å². The maximum absolute atomic E-state index is 10.1. The first-order chi connectivity index (χ1) is 10.2. The van der Waals surface area contributed by atoms with Crippen molar-refractivity contribution in [2.75, 3.05) is 25.1 Å². The van der Waals surface area contributed by atoms with Crippen LogP contribution in [-0.4, -0.2) is 24.9 Å². The van der Waals surface area contributed by atoms with Crippen LogP contribution < -0.4 is 14.8 Å². The Labute approximate surface area is 129 Å². The molecule has 2 rings (SSSR count). The minimum absolute atomic E-state index is 0.458. The molecular weight excluding hydrogens is 286 g/mol. The maximum Gasteiger partial charge on any atom is 0.163 e. The standard InChI is InChI=1S/C16H21NO3S/c1-3-19-14-8-7-12(10-15(14)20-4-2)17-11-13(18)16-6-5-9-21-16/h5-10,13,17-18H,3-4,11H2,1-2H3. The summed E-state index contributed by atoms with van der Waals surface area (Å²) in [5, 5.41) is 15.3. The predicted molar refractivity (Wildman–Crippen MR) is 86.5 cm³/mol.